The summed E-state index contributed by atoms with van der Waals surface area (Å²) in [6.07, 6.45) is -2.40. The van der Waals surface area contributed by atoms with Gasteiger partial charge in [0.25, 0.3) is 0 Å². The standard InChI is InChI=1S/C13H24FNO4.ClH/c1-12(2,3)18-10(16)8(14)7-9(15)11(17)19-13(4,5)6;/h8-9H,7,15H2,1-6H3;1H/t8-,9-;/m0./s1. The van der Waals surface area contributed by atoms with Crippen LogP contribution in [0.15, 0.2) is 0 Å². The molecule has 0 aliphatic heterocycles. The molecule has 0 saturated carbocycles. The Morgan fingerprint density at radius 1 is 1.00 bits per heavy atom. The lowest BCUT2D eigenvalue weighted by atomic mass is 10.1. The number of hydrogen-bond acceptors (Lipinski definition) is 5. The number of halogens is 2. The molecule has 0 aromatic rings. The van der Waals surface area contributed by atoms with Crippen LogP contribution in [0.3, 0.4) is 0 Å². The Balaban J connectivity index is 0. The van der Waals surface area contributed by atoms with Crippen LogP contribution in [0.4, 0.5) is 4.39 Å². The lowest BCUT2D eigenvalue weighted by molar-refractivity contribution is -0.163. The van der Waals surface area contributed by atoms with Gasteiger partial charge in [-0.2, -0.15) is 0 Å². The van der Waals surface area contributed by atoms with Gasteiger partial charge in [-0.15, -0.1) is 12.4 Å². The lowest BCUT2D eigenvalue weighted by Gasteiger charge is -2.24. The molecular weight excluding hydrogens is 289 g/mol. The highest BCUT2D eigenvalue weighted by molar-refractivity contribution is 5.85. The van der Waals surface area contributed by atoms with Gasteiger partial charge in [-0.1, -0.05) is 0 Å². The fraction of sp³-hybridized carbons (Fsp3) is 0.846. The van der Waals surface area contributed by atoms with E-state index in [9.17, 15) is 14.0 Å². The van der Waals surface area contributed by atoms with Crippen LogP contribution >= 0.6 is 12.4 Å². The van der Waals surface area contributed by atoms with Gasteiger partial charge in [0.2, 0.25) is 0 Å². The van der Waals surface area contributed by atoms with Crippen molar-refractivity contribution in [3.63, 3.8) is 0 Å². The zero-order valence-corrected chi connectivity index (χ0v) is 13.7. The van der Waals surface area contributed by atoms with Crippen LogP contribution in [-0.4, -0.2) is 35.4 Å². The lowest BCUT2D eigenvalue weighted by Crippen LogP contribution is -2.41. The van der Waals surface area contributed by atoms with Crippen molar-refractivity contribution >= 4 is 24.3 Å². The Kier molecular flexibility index (Phi) is 8.34. The monoisotopic (exact) mass is 313 g/mol. The number of hydrogen-bond donors (Lipinski definition) is 1. The van der Waals surface area contributed by atoms with Crippen molar-refractivity contribution < 1.29 is 23.5 Å². The Hall–Kier alpha value is -0.880. The van der Waals surface area contributed by atoms with Gasteiger partial charge in [-0.3, -0.25) is 4.79 Å². The van der Waals surface area contributed by atoms with Gasteiger partial charge in [0.05, 0.1) is 0 Å². The Bertz CT molecular complexity index is 304. The molecule has 0 bridgehead atoms. The molecule has 0 aromatic carbocycles. The quantitative estimate of drug-likeness (QED) is 0.805. The molecule has 120 valence electrons. The first-order valence-corrected chi connectivity index (χ1v) is 6.17. The zero-order valence-electron chi connectivity index (χ0n) is 12.9. The Morgan fingerprint density at radius 2 is 1.35 bits per heavy atom. The first-order valence-electron chi connectivity index (χ1n) is 6.17. The predicted octanol–water partition coefficient (Wildman–Crippen LogP) is 2.15. The van der Waals surface area contributed by atoms with Gasteiger partial charge in [0, 0.05) is 6.42 Å². The third kappa shape index (κ3) is 9.97. The highest BCUT2D eigenvalue weighted by atomic mass is 35.5. The number of alkyl halides is 1. The van der Waals surface area contributed by atoms with Gasteiger partial charge in [0.1, 0.15) is 17.2 Å². The van der Waals surface area contributed by atoms with Crippen LogP contribution in [0, 0.1) is 0 Å². The van der Waals surface area contributed by atoms with E-state index in [0.717, 1.165) is 0 Å². The maximum Gasteiger partial charge on any atom is 0.341 e. The van der Waals surface area contributed by atoms with Crippen molar-refractivity contribution in [1.82, 2.24) is 0 Å². The SMILES string of the molecule is CC(C)(C)OC(=O)[C@@H](N)C[C@H](F)C(=O)OC(C)(C)C.Cl. The number of rotatable bonds is 4. The van der Waals surface area contributed by atoms with Crippen molar-refractivity contribution in [3.8, 4) is 0 Å². The molecule has 0 radical (unpaired) electrons. The van der Waals surface area contributed by atoms with E-state index in [2.05, 4.69) is 0 Å². The van der Waals surface area contributed by atoms with Crippen molar-refractivity contribution in [1.29, 1.82) is 0 Å². The second-order valence-electron chi connectivity index (χ2n) is 6.38. The van der Waals surface area contributed by atoms with E-state index >= 15 is 0 Å². The van der Waals surface area contributed by atoms with Gasteiger partial charge in [0.15, 0.2) is 6.17 Å². The average molecular weight is 314 g/mol. The summed E-state index contributed by atoms with van der Waals surface area (Å²) in [5, 5.41) is 0. The molecule has 20 heavy (non-hydrogen) atoms. The summed E-state index contributed by atoms with van der Waals surface area (Å²) in [6.45, 7) is 9.93. The summed E-state index contributed by atoms with van der Waals surface area (Å²) >= 11 is 0. The van der Waals surface area contributed by atoms with E-state index in [1.54, 1.807) is 41.5 Å². The molecule has 0 saturated heterocycles. The molecule has 0 aliphatic rings. The molecule has 5 nitrogen and oxygen atoms in total. The molecule has 2 atom stereocenters. The van der Waals surface area contributed by atoms with Crippen molar-refractivity contribution in [3.05, 3.63) is 0 Å². The number of ether oxygens (including phenoxy) is 2. The summed E-state index contributed by atoms with van der Waals surface area (Å²) in [7, 11) is 0. The number of carbonyl (C=O) groups excluding carboxylic acids is 2. The maximum atomic E-state index is 13.6. The summed E-state index contributed by atoms with van der Waals surface area (Å²) < 4.78 is 23.5. The van der Waals surface area contributed by atoms with Crippen LogP contribution < -0.4 is 5.73 Å². The minimum absolute atomic E-state index is 0. The molecule has 7 heteroatoms. The fourth-order valence-corrected chi connectivity index (χ4v) is 1.16. The molecule has 0 unspecified atom stereocenters. The number of esters is 2. The van der Waals surface area contributed by atoms with Crippen molar-refractivity contribution in [2.45, 2.75) is 71.4 Å². The van der Waals surface area contributed by atoms with E-state index in [1.165, 1.54) is 0 Å². The Labute approximate surface area is 125 Å². The van der Waals surface area contributed by atoms with E-state index in [4.69, 9.17) is 15.2 Å². The summed E-state index contributed by atoms with van der Waals surface area (Å²) in [5.41, 5.74) is 4.02. The largest absolute Gasteiger partial charge is 0.459 e. The van der Waals surface area contributed by atoms with Crippen LogP contribution in [-0.2, 0) is 19.1 Å². The third-order valence-corrected chi connectivity index (χ3v) is 1.83. The topological polar surface area (TPSA) is 78.6 Å². The fourth-order valence-electron chi connectivity index (χ4n) is 1.16. The molecular formula is C13H25ClFNO4. The number of nitrogens with two attached hydrogens (primary N) is 1. The molecule has 0 aromatic heterocycles. The van der Waals surface area contributed by atoms with Crippen LogP contribution in [0.25, 0.3) is 0 Å². The molecule has 0 fully saturated rings. The normalized spacial score (nSPS) is 14.8. The first-order chi connectivity index (χ1) is 8.32. The second kappa shape index (κ2) is 7.78. The zero-order chi connectivity index (χ0) is 15.4. The van der Waals surface area contributed by atoms with E-state index in [1.807, 2.05) is 0 Å². The van der Waals surface area contributed by atoms with Crippen molar-refractivity contribution in [2.75, 3.05) is 0 Å². The summed E-state index contributed by atoms with van der Waals surface area (Å²) in [6, 6.07) is -1.19. The van der Waals surface area contributed by atoms with Crippen molar-refractivity contribution in [2.24, 2.45) is 5.73 Å². The summed E-state index contributed by atoms with van der Waals surface area (Å²) in [4.78, 5) is 22.9. The third-order valence-electron chi connectivity index (χ3n) is 1.83. The van der Waals surface area contributed by atoms with Gasteiger partial charge in [-0.25, -0.2) is 9.18 Å². The molecule has 0 spiro atoms. The molecule has 0 heterocycles. The van der Waals surface area contributed by atoms with Crippen LogP contribution in [0.2, 0.25) is 0 Å². The van der Waals surface area contributed by atoms with Crippen LogP contribution in [0.1, 0.15) is 48.0 Å². The first kappa shape index (κ1) is 21.4. The van der Waals surface area contributed by atoms with Gasteiger partial charge < -0.3 is 15.2 Å². The smallest absolute Gasteiger partial charge is 0.341 e. The van der Waals surface area contributed by atoms with E-state index in [0.29, 0.717) is 0 Å². The minimum Gasteiger partial charge on any atom is -0.459 e. The molecule has 0 aliphatic carbocycles. The number of carbonyl (C=O) groups is 2. The highest BCUT2D eigenvalue weighted by Crippen LogP contribution is 2.14. The molecule has 2 N–H and O–H groups in total. The molecule has 0 rings (SSSR count). The average Bonchev–Trinajstić information content (AvgIpc) is 2.11. The van der Waals surface area contributed by atoms with Gasteiger partial charge >= 0.3 is 11.9 Å². The van der Waals surface area contributed by atoms with E-state index < -0.39 is 41.8 Å². The maximum absolute atomic E-state index is 13.6. The Morgan fingerprint density at radius 3 is 1.70 bits per heavy atom. The predicted molar refractivity (Wildman–Crippen MR) is 76.4 cm³/mol. The van der Waals surface area contributed by atoms with Gasteiger partial charge in [-0.05, 0) is 41.5 Å². The van der Waals surface area contributed by atoms with Crippen LogP contribution in [0.5, 0.6) is 0 Å². The highest BCUT2D eigenvalue weighted by Gasteiger charge is 2.30. The molecule has 0 amide bonds. The van der Waals surface area contributed by atoms with E-state index in [-0.39, 0.29) is 12.4 Å². The second-order valence-corrected chi connectivity index (χ2v) is 6.38. The minimum atomic E-state index is -1.94. The summed E-state index contributed by atoms with van der Waals surface area (Å²) in [5.74, 6) is -1.76.